The van der Waals surface area contributed by atoms with Crippen molar-refractivity contribution >= 4 is 87.9 Å². The molecule has 0 radical (unpaired) electrons. The number of methoxy groups -OCH3 is 1. The van der Waals surface area contributed by atoms with Crippen LogP contribution in [-0.2, 0) is 51.7 Å². The summed E-state index contributed by atoms with van der Waals surface area (Å²) >= 11 is 7.70. The van der Waals surface area contributed by atoms with Crippen LogP contribution in [0.5, 0.6) is 5.75 Å². The second-order valence-electron chi connectivity index (χ2n) is 16.0. The lowest BCUT2D eigenvalue weighted by Gasteiger charge is -2.40. The van der Waals surface area contributed by atoms with Crippen molar-refractivity contribution in [3.8, 4) is 5.75 Å². The molecule has 1 saturated heterocycles. The van der Waals surface area contributed by atoms with Gasteiger partial charge in [-0.2, -0.15) is 0 Å². The molecule has 2 aromatic carbocycles. The van der Waals surface area contributed by atoms with E-state index in [2.05, 4.69) is 31.2 Å². The molecule has 5 aromatic rings. The maximum Gasteiger partial charge on any atom is 0.255 e. The quantitative estimate of drug-likeness (QED) is 0.0615. The number of thiophene rings is 1. The number of ether oxygens (including phenoxy) is 1. The van der Waals surface area contributed by atoms with Crippen molar-refractivity contribution in [1.82, 2.24) is 40.5 Å². The van der Waals surface area contributed by atoms with Crippen molar-refractivity contribution in [2.75, 3.05) is 42.4 Å². The van der Waals surface area contributed by atoms with Crippen molar-refractivity contribution in [2.45, 2.75) is 83.6 Å². The van der Waals surface area contributed by atoms with E-state index in [4.69, 9.17) is 21.3 Å². The van der Waals surface area contributed by atoms with E-state index in [9.17, 15) is 28.8 Å². The van der Waals surface area contributed by atoms with Crippen molar-refractivity contribution in [1.29, 1.82) is 0 Å². The fourth-order valence-electron chi connectivity index (χ4n) is 8.36. The monoisotopic (exact) mass is 957 g/mol. The van der Waals surface area contributed by atoms with E-state index in [-0.39, 0.29) is 80.1 Å². The summed E-state index contributed by atoms with van der Waals surface area (Å²) < 4.78 is 8.09. The molecule has 3 aromatic heterocycles. The molecule has 18 nitrogen and oxygen atoms in total. The van der Waals surface area contributed by atoms with Crippen molar-refractivity contribution < 1.29 is 33.5 Å². The molecule has 0 spiro atoms. The molecule has 0 bridgehead atoms. The van der Waals surface area contributed by atoms with Crippen LogP contribution in [0.15, 0.2) is 60.9 Å². The van der Waals surface area contributed by atoms with Gasteiger partial charge in [0.05, 0.1) is 36.4 Å². The number of hydrogen-bond acceptors (Lipinski definition) is 14. The number of hydrogen-bond donors (Lipinski definition) is 3. The lowest BCUT2D eigenvalue weighted by atomic mass is 10.0. The van der Waals surface area contributed by atoms with Gasteiger partial charge in [-0.05, 0) is 43.2 Å². The molecule has 0 saturated carbocycles. The number of nitrogens with one attached hydrogen (secondary N) is 3. The summed E-state index contributed by atoms with van der Waals surface area (Å²) in [5.41, 5.74) is 4.19. The predicted molar refractivity (Wildman–Crippen MR) is 249 cm³/mol. The number of Topliss-reactive ketones (excluding diaryl/α,β-unsaturated/α-hetero) is 1. The van der Waals surface area contributed by atoms with Crippen LogP contribution in [-0.4, -0.2) is 105 Å². The van der Waals surface area contributed by atoms with Gasteiger partial charge in [-0.1, -0.05) is 41.9 Å². The summed E-state index contributed by atoms with van der Waals surface area (Å²) in [6.07, 6.45) is 5.63. The second-order valence-corrected chi connectivity index (χ2v) is 17.8. The van der Waals surface area contributed by atoms with Crippen LogP contribution in [0.4, 0.5) is 17.2 Å². The van der Waals surface area contributed by atoms with Gasteiger partial charge in [0.2, 0.25) is 23.6 Å². The standard InChI is InChI=1S/C45H48ClN11O7S.ClH/c1-4-33-45(63)54(2)35-22-48-39(50-42(35)56(33)24-29-11-14-38(46)65-29)21-27-9-8-26(20-37(27)64-3)36(58)13-10-28-23-55(53-52-28)19-18-47-17-16-41(60)49-32-7-5-6-30-31(32)25-57(44(30)62)34-12-15-40(59)51-43(34)61;/h5-9,11,14,20,22-23,33-34,47H,4,10,12-13,15-19,21,24-25H2,1-3H3,(H,49,60)(H,51,59,61);1H/t33-,34?;/m1./s1. The van der Waals surface area contributed by atoms with Gasteiger partial charge in [-0.3, -0.25) is 38.8 Å². The highest BCUT2D eigenvalue weighted by Crippen LogP contribution is 2.37. The Labute approximate surface area is 395 Å². The minimum Gasteiger partial charge on any atom is -0.496 e. The molecule has 1 fully saturated rings. The number of carbonyl (C=O) groups excluding carboxylic acids is 6. The lowest BCUT2D eigenvalue weighted by molar-refractivity contribution is -0.137. The predicted octanol–water partition coefficient (Wildman–Crippen LogP) is 4.76. The zero-order chi connectivity index (χ0) is 45.8. The fraction of sp³-hybridized carbons (Fsp3) is 0.378. The molecule has 346 valence electrons. The minimum absolute atomic E-state index is 0. The van der Waals surface area contributed by atoms with Gasteiger partial charge < -0.3 is 30.1 Å². The van der Waals surface area contributed by atoms with E-state index in [0.717, 1.165) is 10.4 Å². The number of aryl methyl sites for hydroxylation is 1. The van der Waals surface area contributed by atoms with E-state index >= 15 is 0 Å². The zero-order valence-electron chi connectivity index (χ0n) is 36.5. The van der Waals surface area contributed by atoms with Crippen LogP contribution >= 0.6 is 35.3 Å². The molecular formula is C45H49Cl2N11O7S. The molecule has 3 aliphatic heterocycles. The maximum absolute atomic E-state index is 13.3. The molecule has 2 atom stereocenters. The largest absolute Gasteiger partial charge is 0.496 e. The Balaban J connectivity index is 0.00000648. The number of nitrogens with zero attached hydrogens (tertiary/aromatic N) is 8. The number of imide groups is 1. The van der Waals surface area contributed by atoms with E-state index < -0.39 is 11.9 Å². The number of halogens is 2. The van der Waals surface area contributed by atoms with E-state index in [1.165, 1.54) is 16.2 Å². The number of carbonyl (C=O) groups is 6. The van der Waals surface area contributed by atoms with Crippen LogP contribution in [0, 0.1) is 0 Å². The first-order valence-corrected chi connectivity index (χ1v) is 22.6. The Morgan fingerprint density at radius 2 is 1.89 bits per heavy atom. The summed E-state index contributed by atoms with van der Waals surface area (Å²) in [5, 5.41) is 16.9. The maximum atomic E-state index is 13.3. The zero-order valence-corrected chi connectivity index (χ0v) is 38.9. The summed E-state index contributed by atoms with van der Waals surface area (Å²) in [5.74, 6) is 0.283. The van der Waals surface area contributed by atoms with Crippen molar-refractivity contribution in [3.63, 3.8) is 0 Å². The summed E-state index contributed by atoms with van der Waals surface area (Å²) in [6.45, 7) is 4.04. The smallest absolute Gasteiger partial charge is 0.255 e. The number of anilines is 3. The number of aromatic nitrogens is 5. The highest BCUT2D eigenvalue weighted by Gasteiger charge is 2.40. The second kappa shape index (κ2) is 20.9. The van der Waals surface area contributed by atoms with Gasteiger partial charge in [0, 0.05) is 97.8 Å². The highest BCUT2D eigenvalue weighted by molar-refractivity contribution is 7.16. The first-order chi connectivity index (χ1) is 31.4. The van der Waals surface area contributed by atoms with E-state index in [0.29, 0.717) is 101 Å². The van der Waals surface area contributed by atoms with E-state index in [1.54, 1.807) is 66.5 Å². The van der Waals surface area contributed by atoms with Gasteiger partial charge in [-0.25, -0.2) is 9.97 Å². The van der Waals surface area contributed by atoms with Gasteiger partial charge in [-0.15, -0.1) is 28.8 Å². The van der Waals surface area contributed by atoms with Crippen LogP contribution in [0.1, 0.15) is 87.3 Å². The third-order valence-corrected chi connectivity index (χ3v) is 13.0. The number of fused-ring (bicyclic) bond motifs is 2. The summed E-state index contributed by atoms with van der Waals surface area (Å²) in [7, 11) is 3.30. The van der Waals surface area contributed by atoms with Crippen LogP contribution in [0.3, 0.4) is 0 Å². The SMILES string of the molecule is CC[C@@H]1C(=O)N(C)c2cnc(Cc3ccc(C(=O)CCc4cn(CCNCCC(=O)Nc5cccc6c5CN(C5CCC(=O)NC5=O)C6=O)nn4)cc3OC)nc2N1Cc1ccc(Cl)s1.Cl. The molecule has 21 heteroatoms. The van der Waals surface area contributed by atoms with Gasteiger partial charge >= 0.3 is 0 Å². The van der Waals surface area contributed by atoms with Crippen molar-refractivity contribution in [3.05, 3.63) is 104 Å². The topological polar surface area (TPSA) is 214 Å². The van der Waals surface area contributed by atoms with Crippen molar-refractivity contribution in [2.24, 2.45) is 0 Å². The number of amides is 5. The Morgan fingerprint density at radius 3 is 2.65 bits per heavy atom. The Hall–Kier alpha value is -6.28. The molecule has 3 N–H and O–H groups in total. The molecule has 6 heterocycles. The lowest BCUT2D eigenvalue weighted by Crippen LogP contribution is -2.52. The van der Waals surface area contributed by atoms with Crippen LogP contribution < -0.4 is 30.5 Å². The van der Waals surface area contributed by atoms with Gasteiger partial charge in [0.25, 0.3) is 5.91 Å². The Kier molecular flexibility index (Phi) is 15.1. The molecule has 1 unspecified atom stereocenters. The minimum atomic E-state index is -0.738. The normalized spacial score (nSPS) is 16.8. The number of ketones is 1. The van der Waals surface area contributed by atoms with E-state index in [1.807, 2.05) is 30.0 Å². The highest BCUT2D eigenvalue weighted by atomic mass is 35.5. The number of likely N-dealkylation sites (N-methyl/N-ethyl adjacent to an activating group) is 1. The van der Waals surface area contributed by atoms with Crippen LogP contribution in [0.2, 0.25) is 4.34 Å². The Bertz CT molecular complexity index is 2670. The third-order valence-electron chi connectivity index (χ3n) is 11.8. The van der Waals surface area contributed by atoms with Crippen LogP contribution in [0.25, 0.3) is 0 Å². The molecule has 5 amide bonds. The summed E-state index contributed by atoms with van der Waals surface area (Å²) in [4.78, 5) is 92.4. The number of piperidine rings is 1. The molecule has 8 rings (SSSR count). The molecule has 0 aliphatic carbocycles. The first-order valence-electron chi connectivity index (χ1n) is 21.4. The molecule has 3 aliphatic rings. The number of rotatable bonds is 18. The first kappa shape index (κ1) is 47.7. The third kappa shape index (κ3) is 10.4. The van der Waals surface area contributed by atoms with Gasteiger partial charge in [0.15, 0.2) is 11.6 Å². The van der Waals surface area contributed by atoms with Gasteiger partial charge in [0.1, 0.15) is 29.3 Å². The summed E-state index contributed by atoms with van der Waals surface area (Å²) in [6, 6.07) is 13.1. The molecular weight excluding hydrogens is 910 g/mol. The average molecular weight is 959 g/mol. The Morgan fingerprint density at radius 1 is 1.06 bits per heavy atom. The number of benzene rings is 2. The molecule has 66 heavy (non-hydrogen) atoms. The fourth-order valence-corrected chi connectivity index (χ4v) is 9.45. The average Bonchev–Trinajstić information content (AvgIpc) is 4.03.